The van der Waals surface area contributed by atoms with Gasteiger partial charge in [-0.2, -0.15) is 0 Å². The van der Waals surface area contributed by atoms with Gasteiger partial charge in [0.2, 0.25) is 5.91 Å². The molecule has 4 rings (SSSR count). The van der Waals surface area contributed by atoms with E-state index in [0.717, 1.165) is 18.4 Å². The largest absolute Gasteiger partial charge is 0.497 e. The molecule has 190 valence electrons. The Morgan fingerprint density at radius 1 is 1.03 bits per heavy atom. The van der Waals surface area contributed by atoms with Gasteiger partial charge in [0.05, 0.1) is 20.3 Å². The number of ether oxygens (including phenoxy) is 3. The Bertz CT molecular complexity index is 1190. The molecule has 0 N–H and O–H groups in total. The monoisotopic (exact) mass is 508 g/mol. The van der Waals surface area contributed by atoms with Crippen LogP contribution in [0.15, 0.2) is 60.0 Å². The highest BCUT2D eigenvalue weighted by molar-refractivity contribution is 7.10. The van der Waals surface area contributed by atoms with E-state index in [1.807, 2.05) is 36.1 Å². The Morgan fingerprint density at radius 3 is 2.50 bits per heavy atom. The molecule has 0 saturated heterocycles. The number of rotatable bonds is 10. The van der Waals surface area contributed by atoms with Crippen molar-refractivity contribution in [1.29, 1.82) is 0 Å². The van der Waals surface area contributed by atoms with Crippen LogP contribution in [0.2, 0.25) is 0 Å². The molecule has 2 aromatic carbocycles. The summed E-state index contributed by atoms with van der Waals surface area (Å²) in [5.74, 6) is 1.74. The van der Waals surface area contributed by atoms with Gasteiger partial charge in [0.1, 0.15) is 30.4 Å². The Hall–Kier alpha value is -3.52. The van der Waals surface area contributed by atoms with Crippen molar-refractivity contribution in [3.05, 3.63) is 76.0 Å². The number of fused-ring (bicyclic) bond motifs is 1. The van der Waals surface area contributed by atoms with Gasteiger partial charge in [-0.05, 0) is 60.2 Å². The minimum atomic E-state index is -0.228. The zero-order chi connectivity index (χ0) is 25.5. The predicted molar refractivity (Wildman–Crippen MR) is 140 cm³/mol. The fourth-order valence-electron chi connectivity index (χ4n) is 4.46. The van der Waals surface area contributed by atoms with Crippen LogP contribution in [0.4, 0.5) is 0 Å². The third-order valence-corrected chi connectivity index (χ3v) is 7.28. The van der Waals surface area contributed by atoms with Crippen molar-refractivity contribution in [2.75, 3.05) is 40.5 Å². The second kappa shape index (κ2) is 11.9. The fourth-order valence-corrected chi connectivity index (χ4v) is 5.38. The lowest BCUT2D eigenvalue weighted by atomic mass is 10.0. The third kappa shape index (κ3) is 5.82. The van der Waals surface area contributed by atoms with Crippen LogP contribution >= 0.6 is 11.3 Å². The third-order valence-electron chi connectivity index (χ3n) is 6.29. The molecule has 0 bridgehead atoms. The minimum absolute atomic E-state index is 0.0129. The zero-order valence-corrected chi connectivity index (χ0v) is 21.8. The van der Waals surface area contributed by atoms with Crippen molar-refractivity contribution in [2.24, 2.45) is 0 Å². The highest BCUT2D eigenvalue weighted by Gasteiger charge is 2.33. The molecular weight excluding hydrogens is 476 g/mol. The van der Waals surface area contributed by atoms with Crippen LogP contribution < -0.4 is 14.2 Å². The first-order chi connectivity index (χ1) is 17.5. The average molecular weight is 509 g/mol. The maximum atomic E-state index is 13.6. The minimum Gasteiger partial charge on any atom is -0.497 e. The summed E-state index contributed by atoms with van der Waals surface area (Å²) in [5, 5.41) is 2.06. The van der Waals surface area contributed by atoms with Crippen LogP contribution in [-0.2, 0) is 11.2 Å². The fraction of sp³-hybridized carbons (Fsp3) is 0.357. The number of methoxy groups -OCH3 is 2. The first-order valence-corrected chi connectivity index (χ1v) is 13.0. The van der Waals surface area contributed by atoms with Crippen LogP contribution in [-0.4, -0.2) is 62.1 Å². The molecule has 1 unspecified atom stereocenters. The van der Waals surface area contributed by atoms with Crippen molar-refractivity contribution >= 4 is 23.2 Å². The van der Waals surface area contributed by atoms with Crippen LogP contribution in [0.5, 0.6) is 17.2 Å². The Balaban J connectivity index is 1.52. The molecule has 0 fully saturated rings. The van der Waals surface area contributed by atoms with Crippen LogP contribution in [0.25, 0.3) is 0 Å². The molecule has 0 saturated carbocycles. The molecule has 1 aromatic heterocycles. The van der Waals surface area contributed by atoms with Gasteiger partial charge in [-0.15, -0.1) is 11.3 Å². The Kier molecular flexibility index (Phi) is 8.48. The maximum absolute atomic E-state index is 13.6. The van der Waals surface area contributed by atoms with Crippen molar-refractivity contribution in [1.82, 2.24) is 9.80 Å². The van der Waals surface area contributed by atoms with Crippen LogP contribution in [0.3, 0.4) is 0 Å². The lowest BCUT2D eigenvalue weighted by Crippen LogP contribution is -2.48. The first kappa shape index (κ1) is 25.6. The van der Waals surface area contributed by atoms with E-state index in [1.54, 1.807) is 54.7 Å². The summed E-state index contributed by atoms with van der Waals surface area (Å²) in [6.07, 6.45) is 1.55. The molecule has 0 spiro atoms. The topological polar surface area (TPSA) is 68.3 Å². The average Bonchev–Trinajstić information content (AvgIpc) is 3.40. The summed E-state index contributed by atoms with van der Waals surface area (Å²) in [6, 6.07) is 16.3. The molecule has 0 aliphatic carbocycles. The van der Waals surface area contributed by atoms with Gasteiger partial charge in [0, 0.05) is 29.6 Å². The SMILES string of the molecule is CCCN(CC(=O)N1CCc2sccc2C1COc1cccc(OC)c1)C(=O)c1cccc(OC)c1. The van der Waals surface area contributed by atoms with Gasteiger partial charge in [-0.25, -0.2) is 0 Å². The van der Waals surface area contributed by atoms with Gasteiger partial charge >= 0.3 is 0 Å². The van der Waals surface area contributed by atoms with Crippen molar-refractivity contribution < 1.29 is 23.8 Å². The maximum Gasteiger partial charge on any atom is 0.254 e. The number of thiophene rings is 1. The molecule has 8 heteroatoms. The second-order valence-electron chi connectivity index (χ2n) is 8.60. The quantitative estimate of drug-likeness (QED) is 0.393. The van der Waals surface area contributed by atoms with Gasteiger partial charge in [-0.1, -0.05) is 19.1 Å². The van der Waals surface area contributed by atoms with E-state index in [9.17, 15) is 9.59 Å². The summed E-state index contributed by atoms with van der Waals surface area (Å²) in [6.45, 7) is 3.41. The van der Waals surface area contributed by atoms with Gasteiger partial charge in [0.25, 0.3) is 5.91 Å². The first-order valence-electron chi connectivity index (χ1n) is 12.1. The van der Waals surface area contributed by atoms with E-state index in [0.29, 0.717) is 42.5 Å². The van der Waals surface area contributed by atoms with Crippen LogP contribution in [0, 0.1) is 0 Å². The molecular formula is C28H32N2O5S. The van der Waals surface area contributed by atoms with E-state index >= 15 is 0 Å². The summed E-state index contributed by atoms with van der Waals surface area (Å²) in [7, 11) is 3.19. The van der Waals surface area contributed by atoms with Crippen molar-refractivity contribution in [2.45, 2.75) is 25.8 Å². The number of benzene rings is 2. The summed E-state index contributed by atoms with van der Waals surface area (Å²) < 4.78 is 16.7. The van der Waals surface area contributed by atoms with E-state index < -0.39 is 0 Å². The zero-order valence-electron chi connectivity index (χ0n) is 20.9. The van der Waals surface area contributed by atoms with E-state index in [4.69, 9.17) is 14.2 Å². The predicted octanol–water partition coefficient (Wildman–Crippen LogP) is 4.82. The highest BCUT2D eigenvalue weighted by atomic mass is 32.1. The summed E-state index contributed by atoms with van der Waals surface area (Å²) in [5.41, 5.74) is 1.62. The molecule has 1 aliphatic heterocycles. The number of amides is 2. The number of hydrogen-bond donors (Lipinski definition) is 0. The summed E-state index contributed by atoms with van der Waals surface area (Å²) >= 11 is 1.71. The Labute approximate surface area is 216 Å². The van der Waals surface area contributed by atoms with Crippen molar-refractivity contribution in [3.8, 4) is 17.2 Å². The standard InChI is InChI=1S/C28H32N2O5S/c1-4-13-29(28(32)20-7-5-8-21(16-20)33-2)18-27(31)30-14-11-26-24(12-15-36-26)25(30)19-35-23-10-6-9-22(17-23)34-3/h5-10,12,15-17,25H,4,11,13-14,18-19H2,1-3H3. The molecule has 36 heavy (non-hydrogen) atoms. The highest BCUT2D eigenvalue weighted by Crippen LogP contribution is 2.34. The number of hydrogen-bond acceptors (Lipinski definition) is 6. The molecule has 2 amide bonds. The molecule has 0 radical (unpaired) electrons. The van der Waals surface area contributed by atoms with Crippen LogP contribution in [0.1, 0.15) is 40.2 Å². The Morgan fingerprint density at radius 2 is 1.75 bits per heavy atom. The molecule has 2 heterocycles. The summed E-state index contributed by atoms with van der Waals surface area (Å²) in [4.78, 5) is 31.7. The van der Waals surface area contributed by atoms with E-state index in [-0.39, 0.29) is 24.4 Å². The molecule has 1 atom stereocenters. The second-order valence-corrected chi connectivity index (χ2v) is 9.60. The lowest BCUT2D eigenvalue weighted by Gasteiger charge is -2.37. The molecule has 7 nitrogen and oxygen atoms in total. The lowest BCUT2D eigenvalue weighted by molar-refractivity contribution is -0.135. The smallest absolute Gasteiger partial charge is 0.254 e. The van der Waals surface area contributed by atoms with Crippen molar-refractivity contribution in [3.63, 3.8) is 0 Å². The van der Waals surface area contributed by atoms with Gasteiger partial charge in [0.15, 0.2) is 0 Å². The molecule has 3 aromatic rings. The molecule has 1 aliphatic rings. The van der Waals surface area contributed by atoms with Gasteiger partial charge < -0.3 is 24.0 Å². The van der Waals surface area contributed by atoms with Gasteiger partial charge in [-0.3, -0.25) is 9.59 Å². The number of carbonyl (C=O) groups is 2. The van der Waals surface area contributed by atoms with E-state index in [2.05, 4.69) is 11.4 Å². The number of carbonyl (C=O) groups excluding carboxylic acids is 2. The normalized spacial score (nSPS) is 14.6. The van der Waals surface area contributed by atoms with E-state index in [1.165, 1.54) is 4.88 Å². The number of nitrogens with zero attached hydrogens (tertiary/aromatic N) is 2.